The van der Waals surface area contributed by atoms with Crippen molar-refractivity contribution in [2.45, 2.75) is 13.5 Å². The molecule has 0 radical (unpaired) electrons. The van der Waals surface area contributed by atoms with E-state index in [2.05, 4.69) is 0 Å². The van der Waals surface area contributed by atoms with Crippen molar-refractivity contribution < 1.29 is 18.7 Å². The number of rotatable bonds is 7. The minimum absolute atomic E-state index is 0.183. The van der Waals surface area contributed by atoms with Gasteiger partial charge < -0.3 is 9.47 Å². The maximum absolute atomic E-state index is 13.1. The molecule has 0 bridgehead atoms. The molecule has 3 aromatic rings. The molecule has 1 heterocycles. The second kappa shape index (κ2) is 9.97. The van der Waals surface area contributed by atoms with Crippen molar-refractivity contribution >= 4 is 46.0 Å². The smallest absolute Gasteiger partial charge is 0.270 e. The van der Waals surface area contributed by atoms with Crippen molar-refractivity contribution in [3.63, 3.8) is 0 Å². The molecule has 162 valence electrons. The van der Waals surface area contributed by atoms with Gasteiger partial charge in [0.1, 0.15) is 23.9 Å². The van der Waals surface area contributed by atoms with Gasteiger partial charge in [0.25, 0.3) is 5.91 Å². The molecule has 1 aliphatic heterocycles. The fourth-order valence-electron chi connectivity index (χ4n) is 3.16. The maximum Gasteiger partial charge on any atom is 0.270 e. The van der Waals surface area contributed by atoms with Crippen molar-refractivity contribution in [2.24, 2.45) is 0 Å². The van der Waals surface area contributed by atoms with E-state index in [0.717, 1.165) is 16.9 Å². The second-order valence-corrected chi connectivity index (χ2v) is 8.57. The van der Waals surface area contributed by atoms with Crippen LogP contribution >= 0.6 is 24.0 Å². The van der Waals surface area contributed by atoms with Crippen LogP contribution in [-0.2, 0) is 11.4 Å². The lowest BCUT2D eigenvalue weighted by molar-refractivity contribution is -0.113. The molecule has 0 N–H and O–H groups in total. The normalized spacial score (nSPS) is 14.8. The van der Waals surface area contributed by atoms with Crippen molar-refractivity contribution in [1.29, 1.82) is 0 Å². The van der Waals surface area contributed by atoms with E-state index >= 15 is 0 Å². The number of anilines is 1. The molecule has 0 spiro atoms. The minimum Gasteiger partial charge on any atom is -0.494 e. The SMILES string of the molecule is CCOc1ccc(N2C(=O)/C(=C/c3ccccc3OCc3ccc(F)cc3)SC2=S)cc1. The fourth-order valence-corrected chi connectivity index (χ4v) is 4.45. The molecular formula is C25H20FNO3S2. The molecule has 1 amide bonds. The van der Waals surface area contributed by atoms with Crippen molar-refractivity contribution in [2.75, 3.05) is 11.5 Å². The summed E-state index contributed by atoms with van der Waals surface area (Å²) in [5, 5.41) is 0. The van der Waals surface area contributed by atoms with Crippen LogP contribution in [0.25, 0.3) is 6.08 Å². The summed E-state index contributed by atoms with van der Waals surface area (Å²) in [6.07, 6.45) is 1.79. The molecule has 1 fully saturated rings. The highest BCUT2D eigenvalue weighted by Gasteiger charge is 2.33. The summed E-state index contributed by atoms with van der Waals surface area (Å²) < 4.78 is 25.0. The van der Waals surface area contributed by atoms with Gasteiger partial charge in [0.05, 0.1) is 17.2 Å². The Morgan fingerprint density at radius 2 is 1.72 bits per heavy atom. The Morgan fingerprint density at radius 1 is 1.00 bits per heavy atom. The topological polar surface area (TPSA) is 38.8 Å². The van der Waals surface area contributed by atoms with Gasteiger partial charge >= 0.3 is 0 Å². The predicted molar refractivity (Wildman–Crippen MR) is 130 cm³/mol. The Labute approximate surface area is 195 Å². The zero-order valence-electron chi connectivity index (χ0n) is 17.3. The van der Waals surface area contributed by atoms with E-state index in [4.69, 9.17) is 21.7 Å². The zero-order chi connectivity index (χ0) is 22.5. The molecule has 0 atom stereocenters. The summed E-state index contributed by atoms with van der Waals surface area (Å²) in [5.41, 5.74) is 2.31. The maximum atomic E-state index is 13.1. The van der Waals surface area contributed by atoms with Crippen molar-refractivity contribution in [3.8, 4) is 11.5 Å². The molecule has 4 rings (SSSR count). The van der Waals surface area contributed by atoms with Crippen LogP contribution in [0, 0.1) is 5.82 Å². The summed E-state index contributed by atoms with van der Waals surface area (Å²) >= 11 is 6.72. The van der Waals surface area contributed by atoms with Crippen molar-refractivity contribution in [1.82, 2.24) is 0 Å². The predicted octanol–water partition coefficient (Wildman–Crippen LogP) is 6.21. The molecule has 7 heteroatoms. The largest absolute Gasteiger partial charge is 0.494 e. The van der Waals surface area contributed by atoms with Crippen LogP contribution in [0.15, 0.2) is 77.7 Å². The third-order valence-corrected chi connectivity index (χ3v) is 6.01. The third-order valence-electron chi connectivity index (χ3n) is 4.71. The first kappa shape index (κ1) is 22.0. The van der Waals surface area contributed by atoms with Gasteiger partial charge in [-0.3, -0.25) is 9.69 Å². The zero-order valence-corrected chi connectivity index (χ0v) is 18.9. The van der Waals surface area contributed by atoms with Crippen LogP contribution in [0.1, 0.15) is 18.1 Å². The van der Waals surface area contributed by atoms with E-state index in [0.29, 0.717) is 27.3 Å². The van der Waals surface area contributed by atoms with Crippen LogP contribution in [-0.4, -0.2) is 16.8 Å². The first-order valence-corrected chi connectivity index (χ1v) is 11.2. The van der Waals surface area contributed by atoms with Crippen LogP contribution in [0.2, 0.25) is 0 Å². The third kappa shape index (κ3) is 5.00. The van der Waals surface area contributed by atoms with Gasteiger partial charge in [-0.05, 0) is 61.0 Å². The van der Waals surface area contributed by atoms with Gasteiger partial charge in [-0.2, -0.15) is 0 Å². The molecule has 1 aliphatic rings. The van der Waals surface area contributed by atoms with Crippen LogP contribution in [0.4, 0.5) is 10.1 Å². The number of thiocarbonyl (C=S) groups is 1. The van der Waals surface area contributed by atoms with E-state index in [1.807, 2.05) is 55.5 Å². The molecule has 4 nitrogen and oxygen atoms in total. The number of carbonyl (C=O) groups excluding carboxylic acids is 1. The molecule has 0 aromatic heterocycles. The summed E-state index contributed by atoms with van der Waals surface area (Å²) in [6, 6.07) is 20.9. The van der Waals surface area contributed by atoms with Crippen LogP contribution in [0.5, 0.6) is 11.5 Å². The van der Waals surface area contributed by atoms with E-state index in [1.54, 1.807) is 18.2 Å². The second-order valence-electron chi connectivity index (χ2n) is 6.90. The Kier molecular flexibility index (Phi) is 6.87. The molecule has 0 unspecified atom stereocenters. The number of para-hydroxylation sites is 1. The Bertz CT molecular complexity index is 1160. The fraction of sp³-hybridized carbons (Fsp3) is 0.120. The first-order valence-electron chi connectivity index (χ1n) is 10.0. The lowest BCUT2D eigenvalue weighted by Crippen LogP contribution is -2.27. The summed E-state index contributed by atoms with van der Waals surface area (Å²) in [5.74, 6) is 0.897. The molecule has 0 aliphatic carbocycles. The van der Waals surface area contributed by atoms with Gasteiger partial charge in [-0.15, -0.1) is 0 Å². The number of halogens is 1. The van der Waals surface area contributed by atoms with E-state index < -0.39 is 0 Å². The Balaban J connectivity index is 1.53. The monoisotopic (exact) mass is 465 g/mol. The number of thioether (sulfide) groups is 1. The number of carbonyl (C=O) groups is 1. The highest BCUT2D eigenvalue weighted by Crippen LogP contribution is 2.37. The number of nitrogens with zero attached hydrogens (tertiary/aromatic N) is 1. The minimum atomic E-state index is -0.288. The van der Waals surface area contributed by atoms with E-state index in [1.165, 1.54) is 28.8 Å². The van der Waals surface area contributed by atoms with Crippen LogP contribution < -0.4 is 14.4 Å². The van der Waals surface area contributed by atoms with Gasteiger partial charge in [0.2, 0.25) is 0 Å². The summed E-state index contributed by atoms with van der Waals surface area (Å²) in [4.78, 5) is 15.1. The average molecular weight is 466 g/mol. The number of benzene rings is 3. The lowest BCUT2D eigenvalue weighted by atomic mass is 10.1. The van der Waals surface area contributed by atoms with E-state index in [-0.39, 0.29) is 18.3 Å². The first-order chi connectivity index (χ1) is 15.5. The van der Waals surface area contributed by atoms with Gasteiger partial charge in [0, 0.05) is 5.56 Å². The van der Waals surface area contributed by atoms with E-state index in [9.17, 15) is 9.18 Å². The quantitative estimate of drug-likeness (QED) is 0.306. The molecule has 3 aromatic carbocycles. The van der Waals surface area contributed by atoms with Gasteiger partial charge in [0.15, 0.2) is 4.32 Å². The average Bonchev–Trinajstić information content (AvgIpc) is 3.08. The standard InChI is InChI=1S/C25H20FNO3S2/c1-2-29-21-13-11-20(12-14-21)27-24(28)23(32-25(27)31)15-18-5-3-4-6-22(18)30-16-17-7-9-19(26)10-8-17/h3-15H,2,16H2,1H3/b23-15-. The summed E-state index contributed by atoms with van der Waals surface area (Å²) in [7, 11) is 0. The number of hydrogen-bond donors (Lipinski definition) is 0. The van der Waals surface area contributed by atoms with Gasteiger partial charge in [-0.25, -0.2) is 4.39 Å². The number of hydrogen-bond acceptors (Lipinski definition) is 5. The Morgan fingerprint density at radius 3 is 2.44 bits per heavy atom. The number of ether oxygens (including phenoxy) is 2. The number of amides is 1. The highest BCUT2D eigenvalue weighted by molar-refractivity contribution is 8.27. The summed E-state index contributed by atoms with van der Waals surface area (Å²) in [6.45, 7) is 2.78. The lowest BCUT2D eigenvalue weighted by Gasteiger charge is -2.15. The molecule has 0 saturated carbocycles. The van der Waals surface area contributed by atoms with Crippen molar-refractivity contribution in [3.05, 3.63) is 94.6 Å². The highest BCUT2D eigenvalue weighted by atomic mass is 32.2. The van der Waals surface area contributed by atoms with Gasteiger partial charge in [-0.1, -0.05) is 54.3 Å². The van der Waals surface area contributed by atoms with Crippen LogP contribution in [0.3, 0.4) is 0 Å². The molecule has 32 heavy (non-hydrogen) atoms. The molecule has 1 saturated heterocycles. The Hall–Kier alpha value is -3.16. The molecular weight excluding hydrogens is 445 g/mol.